The molecule has 0 bridgehead atoms. The number of aromatic nitrogens is 1. The van der Waals surface area contributed by atoms with Crippen LogP contribution >= 0.6 is 0 Å². The third kappa shape index (κ3) is 4.70. The van der Waals surface area contributed by atoms with E-state index in [0.717, 1.165) is 25.2 Å². The highest BCUT2D eigenvalue weighted by atomic mass is 15.2. The molecule has 118 valence electrons. The zero-order chi connectivity index (χ0) is 15.2. The van der Waals surface area contributed by atoms with E-state index in [1.54, 1.807) is 0 Å². The lowest BCUT2D eigenvalue weighted by atomic mass is 10.1. The molecule has 1 aliphatic rings. The minimum Gasteiger partial charge on any atom is -0.353 e. The van der Waals surface area contributed by atoms with Gasteiger partial charge < -0.3 is 10.6 Å². The summed E-state index contributed by atoms with van der Waals surface area (Å²) in [4.78, 5) is 7.26. The number of pyridine rings is 1. The van der Waals surface area contributed by atoms with Gasteiger partial charge in [-0.3, -0.25) is 0 Å². The summed E-state index contributed by atoms with van der Waals surface area (Å²) in [6.45, 7) is 7.82. The average Bonchev–Trinajstić information content (AvgIpc) is 2.99. The first-order valence-corrected chi connectivity index (χ1v) is 8.57. The minimum absolute atomic E-state index is 0.249. The summed E-state index contributed by atoms with van der Waals surface area (Å²) >= 11 is 0. The first-order valence-electron chi connectivity index (χ1n) is 8.57. The van der Waals surface area contributed by atoms with Crippen LogP contribution in [0, 0.1) is 5.92 Å². The van der Waals surface area contributed by atoms with Gasteiger partial charge in [0.15, 0.2) is 0 Å². The molecular formula is C18H31N3. The van der Waals surface area contributed by atoms with Crippen LogP contribution in [0.25, 0.3) is 0 Å². The van der Waals surface area contributed by atoms with Gasteiger partial charge in [-0.15, -0.1) is 0 Å². The fraction of sp³-hybridized carbons (Fsp3) is 0.722. The second-order valence-electron chi connectivity index (χ2n) is 6.88. The van der Waals surface area contributed by atoms with E-state index in [4.69, 9.17) is 10.7 Å². The van der Waals surface area contributed by atoms with Gasteiger partial charge in [0, 0.05) is 24.8 Å². The monoisotopic (exact) mass is 289 g/mol. The van der Waals surface area contributed by atoms with Gasteiger partial charge in [0.2, 0.25) is 0 Å². The van der Waals surface area contributed by atoms with Crippen molar-refractivity contribution in [3.05, 3.63) is 23.9 Å². The van der Waals surface area contributed by atoms with Crippen LogP contribution < -0.4 is 10.6 Å². The van der Waals surface area contributed by atoms with Crippen molar-refractivity contribution in [2.45, 2.75) is 71.4 Å². The molecule has 1 heterocycles. The Morgan fingerprint density at radius 1 is 1.29 bits per heavy atom. The maximum Gasteiger partial charge on any atom is 0.128 e. The quantitative estimate of drug-likeness (QED) is 0.831. The number of hydrogen-bond acceptors (Lipinski definition) is 3. The highest BCUT2D eigenvalue weighted by Crippen LogP contribution is 2.28. The summed E-state index contributed by atoms with van der Waals surface area (Å²) in [5.74, 6) is 1.81. The van der Waals surface area contributed by atoms with E-state index in [-0.39, 0.29) is 6.04 Å². The smallest absolute Gasteiger partial charge is 0.128 e. The van der Waals surface area contributed by atoms with Gasteiger partial charge in [-0.05, 0) is 43.2 Å². The molecule has 0 aromatic carbocycles. The minimum atomic E-state index is 0.249. The molecule has 3 nitrogen and oxygen atoms in total. The van der Waals surface area contributed by atoms with E-state index in [2.05, 4.69) is 37.8 Å². The van der Waals surface area contributed by atoms with Gasteiger partial charge in [-0.1, -0.05) is 39.7 Å². The molecule has 1 fully saturated rings. The molecule has 1 aromatic rings. The number of nitrogens with zero attached hydrogens (tertiary/aromatic N) is 2. The first-order chi connectivity index (χ1) is 10.1. The van der Waals surface area contributed by atoms with Crippen molar-refractivity contribution in [1.82, 2.24) is 4.98 Å². The van der Waals surface area contributed by atoms with Crippen LogP contribution in [0.5, 0.6) is 0 Å². The second-order valence-corrected chi connectivity index (χ2v) is 6.88. The fourth-order valence-electron chi connectivity index (χ4n) is 3.19. The molecule has 21 heavy (non-hydrogen) atoms. The zero-order valence-electron chi connectivity index (χ0n) is 13.9. The molecule has 1 aliphatic carbocycles. The molecule has 0 saturated heterocycles. The van der Waals surface area contributed by atoms with Crippen molar-refractivity contribution in [3.8, 4) is 0 Å². The van der Waals surface area contributed by atoms with Crippen LogP contribution in [-0.4, -0.2) is 23.6 Å². The Morgan fingerprint density at radius 3 is 2.52 bits per heavy atom. The average molecular weight is 289 g/mol. The summed E-state index contributed by atoms with van der Waals surface area (Å²) in [7, 11) is 0. The van der Waals surface area contributed by atoms with E-state index in [0.29, 0.717) is 12.0 Å². The Balaban J connectivity index is 2.08. The van der Waals surface area contributed by atoms with Gasteiger partial charge in [0.25, 0.3) is 0 Å². The Hall–Kier alpha value is -1.09. The van der Waals surface area contributed by atoms with E-state index >= 15 is 0 Å². The van der Waals surface area contributed by atoms with Crippen LogP contribution in [-0.2, 0) is 6.42 Å². The lowest BCUT2D eigenvalue weighted by molar-refractivity contribution is 0.531. The van der Waals surface area contributed by atoms with E-state index in [1.807, 2.05) is 6.20 Å². The first kappa shape index (κ1) is 16.3. The Labute approximate surface area is 129 Å². The highest BCUT2D eigenvalue weighted by Gasteiger charge is 2.24. The molecular weight excluding hydrogens is 258 g/mol. The number of rotatable bonds is 7. The zero-order valence-corrected chi connectivity index (χ0v) is 13.9. The molecule has 1 atom stereocenters. The molecule has 0 amide bonds. The molecule has 0 radical (unpaired) electrons. The van der Waals surface area contributed by atoms with E-state index in [1.165, 1.54) is 31.2 Å². The fourth-order valence-corrected chi connectivity index (χ4v) is 3.19. The summed E-state index contributed by atoms with van der Waals surface area (Å²) in [6, 6.07) is 5.33. The third-order valence-corrected chi connectivity index (χ3v) is 4.45. The molecule has 2 N–H and O–H groups in total. The van der Waals surface area contributed by atoms with Crippen molar-refractivity contribution < 1.29 is 0 Å². The highest BCUT2D eigenvalue weighted by molar-refractivity contribution is 5.41. The summed E-state index contributed by atoms with van der Waals surface area (Å²) in [6.07, 6.45) is 9.33. The topological polar surface area (TPSA) is 42.1 Å². The third-order valence-electron chi connectivity index (χ3n) is 4.45. The van der Waals surface area contributed by atoms with Gasteiger partial charge >= 0.3 is 0 Å². The van der Waals surface area contributed by atoms with Gasteiger partial charge in [0.05, 0.1) is 0 Å². The summed E-state index contributed by atoms with van der Waals surface area (Å²) in [5.41, 5.74) is 7.28. The predicted octanol–water partition coefficient (Wildman–Crippen LogP) is 3.77. The largest absolute Gasteiger partial charge is 0.353 e. The molecule has 3 heteroatoms. The van der Waals surface area contributed by atoms with Crippen LogP contribution in [0.4, 0.5) is 5.82 Å². The van der Waals surface area contributed by atoms with Crippen LogP contribution in [0.15, 0.2) is 18.3 Å². The van der Waals surface area contributed by atoms with Crippen molar-refractivity contribution >= 4 is 5.82 Å². The van der Waals surface area contributed by atoms with Crippen LogP contribution in [0.2, 0.25) is 0 Å². The molecule has 1 aromatic heterocycles. The molecule has 1 unspecified atom stereocenters. The maximum atomic E-state index is 6.03. The second kappa shape index (κ2) is 7.79. The lowest BCUT2D eigenvalue weighted by Crippen LogP contribution is -2.36. The van der Waals surface area contributed by atoms with E-state index in [9.17, 15) is 0 Å². The van der Waals surface area contributed by atoms with Crippen LogP contribution in [0.3, 0.4) is 0 Å². The summed E-state index contributed by atoms with van der Waals surface area (Å²) < 4.78 is 0. The van der Waals surface area contributed by atoms with Crippen LogP contribution in [0.1, 0.15) is 58.4 Å². The Morgan fingerprint density at radius 2 is 2.00 bits per heavy atom. The molecule has 2 rings (SSSR count). The van der Waals surface area contributed by atoms with Crippen molar-refractivity contribution in [1.29, 1.82) is 0 Å². The number of hydrogen-bond donors (Lipinski definition) is 1. The predicted molar refractivity (Wildman–Crippen MR) is 90.6 cm³/mol. The normalized spacial score (nSPS) is 17.4. The van der Waals surface area contributed by atoms with Crippen molar-refractivity contribution in [3.63, 3.8) is 0 Å². The Bertz CT molecular complexity index is 407. The van der Waals surface area contributed by atoms with Gasteiger partial charge in [0.1, 0.15) is 5.82 Å². The van der Waals surface area contributed by atoms with Gasteiger partial charge in [-0.25, -0.2) is 4.98 Å². The maximum absolute atomic E-state index is 6.03. The van der Waals surface area contributed by atoms with E-state index < -0.39 is 0 Å². The lowest BCUT2D eigenvalue weighted by Gasteiger charge is -2.31. The SMILES string of the molecule is CCC(N)Cc1ccc(N(CC(C)C)C2CCCC2)nc1. The molecule has 1 saturated carbocycles. The Kier molecular flexibility index (Phi) is 6.04. The van der Waals surface area contributed by atoms with Gasteiger partial charge in [-0.2, -0.15) is 0 Å². The number of nitrogens with two attached hydrogens (primary N) is 1. The molecule has 0 aliphatic heterocycles. The van der Waals surface area contributed by atoms with Crippen molar-refractivity contribution in [2.24, 2.45) is 11.7 Å². The van der Waals surface area contributed by atoms with Crippen molar-refractivity contribution in [2.75, 3.05) is 11.4 Å². The number of anilines is 1. The summed E-state index contributed by atoms with van der Waals surface area (Å²) in [5, 5.41) is 0. The molecule has 0 spiro atoms. The standard InChI is InChI=1S/C18H31N3/c1-4-16(19)11-15-9-10-18(20-12-15)21(13-14(2)3)17-7-5-6-8-17/h9-10,12,14,16-17H,4-8,11,13,19H2,1-3H3.